The first-order valence-corrected chi connectivity index (χ1v) is 9.10. The molecule has 19 heavy (non-hydrogen) atoms. The van der Waals surface area contributed by atoms with Gasteiger partial charge in [-0.25, -0.2) is 0 Å². The highest BCUT2D eigenvalue weighted by Crippen LogP contribution is 2.25. The highest BCUT2D eigenvalue weighted by molar-refractivity contribution is 8.06. The predicted octanol–water partition coefficient (Wildman–Crippen LogP) is 2.66. The lowest BCUT2D eigenvalue weighted by molar-refractivity contribution is 0.543. The average molecular weight is 300 g/mol. The summed E-state index contributed by atoms with van der Waals surface area (Å²) < 4.78 is 1.93. The lowest BCUT2D eigenvalue weighted by Crippen LogP contribution is -2.29. The Hall–Kier alpha value is -0.130. The SMILES string of the molecule is Cn1cc(CNCC2CSCCS2)c(C(C)(C)C)n1. The van der Waals surface area contributed by atoms with Gasteiger partial charge in [0.1, 0.15) is 0 Å². The number of hydrogen-bond donors (Lipinski definition) is 1. The maximum Gasteiger partial charge on any atom is 0.0722 e. The van der Waals surface area contributed by atoms with Gasteiger partial charge in [-0.3, -0.25) is 4.68 Å². The zero-order valence-electron chi connectivity index (χ0n) is 12.4. The fraction of sp³-hybridized carbons (Fsp3) is 0.786. The van der Waals surface area contributed by atoms with Gasteiger partial charge in [0, 0.05) is 59.8 Å². The first kappa shape index (κ1) is 15.3. The number of hydrogen-bond acceptors (Lipinski definition) is 4. The van der Waals surface area contributed by atoms with Gasteiger partial charge in [-0.1, -0.05) is 20.8 Å². The molecular weight excluding hydrogens is 274 g/mol. The minimum absolute atomic E-state index is 0.119. The van der Waals surface area contributed by atoms with Crippen LogP contribution in [0.5, 0.6) is 0 Å². The molecule has 5 heteroatoms. The highest BCUT2D eigenvalue weighted by atomic mass is 32.2. The summed E-state index contributed by atoms with van der Waals surface area (Å²) in [5.74, 6) is 3.91. The summed E-state index contributed by atoms with van der Waals surface area (Å²) in [7, 11) is 2.01. The van der Waals surface area contributed by atoms with E-state index in [0.717, 1.165) is 18.3 Å². The second-order valence-corrected chi connectivity index (χ2v) is 8.68. The Bertz CT molecular complexity index is 403. The maximum atomic E-state index is 4.61. The molecule has 1 fully saturated rings. The summed E-state index contributed by atoms with van der Waals surface area (Å²) in [5, 5.41) is 9.00. The minimum Gasteiger partial charge on any atom is -0.311 e. The zero-order chi connectivity index (χ0) is 13.9. The van der Waals surface area contributed by atoms with Crippen molar-refractivity contribution in [2.24, 2.45) is 7.05 Å². The van der Waals surface area contributed by atoms with Crippen LogP contribution in [-0.4, -0.2) is 38.8 Å². The van der Waals surface area contributed by atoms with Crippen LogP contribution < -0.4 is 5.32 Å². The zero-order valence-corrected chi connectivity index (χ0v) is 14.0. The van der Waals surface area contributed by atoms with Crippen molar-refractivity contribution in [3.8, 4) is 0 Å². The van der Waals surface area contributed by atoms with Gasteiger partial charge in [0.05, 0.1) is 5.69 Å². The summed E-state index contributed by atoms with van der Waals surface area (Å²) in [5.41, 5.74) is 2.67. The Morgan fingerprint density at radius 2 is 2.21 bits per heavy atom. The molecule has 1 aliphatic rings. The van der Waals surface area contributed by atoms with E-state index in [-0.39, 0.29) is 5.41 Å². The van der Waals surface area contributed by atoms with Crippen molar-refractivity contribution in [2.75, 3.05) is 23.8 Å². The van der Waals surface area contributed by atoms with Gasteiger partial charge < -0.3 is 5.32 Å². The minimum atomic E-state index is 0.119. The Labute approximate surface area is 125 Å². The van der Waals surface area contributed by atoms with E-state index in [2.05, 4.69) is 60.9 Å². The summed E-state index contributed by atoms with van der Waals surface area (Å²) in [6, 6.07) is 0. The molecule has 0 saturated carbocycles. The summed E-state index contributed by atoms with van der Waals surface area (Å²) in [6.45, 7) is 8.73. The van der Waals surface area contributed by atoms with Gasteiger partial charge in [0.2, 0.25) is 0 Å². The Balaban J connectivity index is 1.88. The fourth-order valence-corrected chi connectivity index (χ4v) is 4.97. The van der Waals surface area contributed by atoms with Gasteiger partial charge >= 0.3 is 0 Å². The molecule has 2 heterocycles. The molecule has 2 rings (SSSR count). The van der Waals surface area contributed by atoms with Crippen LogP contribution in [0, 0.1) is 0 Å². The summed E-state index contributed by atoms with van der Waals surface area (Å²) >= 11 is 4.19. The Kier molecular flexibility index (Phi) is 5.26. The van der Waals surface area contributed by atoms with E-state index in [9.17, 15) is 0 Å². The third kappa shape index (κ3) is 4.43. The molecular formula is C14H25N3S2. The van der Waals surface area contributed by atoms with Crippen LogP contribution in [0.1, 0.15) is 32.0 Å². The Morgan fingerprint density at radius 1 is 1.42 bits per heavy atom. The molecule has 0 radical (unpaired) electrons. The van der Waals surface area contributed by atoms with Crippen molar-refractivity contribution in [3.05, 3.63) is 17.5 Å². The van der Waals surface area contributed by atoms with Crippen molar-refractivity contribution in [1.82, 2.24) is 15.1 Å². The number of nitrogens with one attached hydrogen (secondary N) is 1. The lowest BCUT2D eigenvalue weighted by Gasteiger charge is -2.22. The van der Waals surface area contributed by atoms with Crippen molar-refractivity contribution in [3.63, 3.8) is 0 Å². The topological polar surface area (TPSA) is 29.9 Å². The largest absolute Gasteiger partial charge is 0.311 e. The molecule has 1 saturated heterocycles. The third-order valence-corrected chi connectivity index (χ3v) is 6.03. The third-order valence-electron chi connectivity index (χ3n) is 3.19. The standard InChI is InChI=1S/C14H25N3S2/c1-14(2,3)13-11(9-17(4)16-13)7-15-8-12-10-18-5-6-19-12/h9,12,15H,5-8,10H2,1-4H3. The van der Waals surface area contributed by atoms with Crippen LogP contribution >= 0.6 is 23.5 Å². The molecule has 0 spiro atoms. The normalized spacial score (nSPS) is 20.7. The van der Waals surface area contributed by atoms with E-state index in [1.54, 1.807) is 0 Å². The van der Waals surface area contributed by atoms with Crippen molar-refractivity contribution in [2.45, 2.75) is 38.0 Å². The fourth-order valence-electron chi connectivity index (χ4n) is 2.32. The second kappa shape index (κ2) is 6.55. The number of rotatable bonds is 4. The lowest BCUT2D eigenvalue weighted by atomic mass is 9.89. The van der Waals surface area contributed by atoms with Gasteiger partial charge in [-0.15, -0.1) is 0 Å². The molecule has 108 valence electrons. The van der Waals surface area contributed by atoms with Crippen LogP contribution in [0.2, 0.25) is 0 Å². The van der Waals surface area contributed by atoms with Crippen LogP contribution in [0.25, 0.3) is 0 Å². The first-order valence-electron chi connectivity index (χ1n) is 6.90. The molecule has 1 aromatic rings. The Morgan fingerprint density at radius 3 is 2.84 bits per heavy atom. The van der Waals surface area contributed by atoms with Crippen LogP contribution in [0.15, 0.2) is 6.20 Å². The smallest absolute Gasteiger partial charge is 0.0722 e. The van der Waals surface area contributed by atoms with Gasteiger partial charge in [0.15, 0.2) is 0 Å². The van der Waals surface area contributed by atoms with E-state index < -0.39 is 0 Å². The molecule has 0 aromatic carbocycles. The monoisotopic (exact) mass is 299 g/mol. The van der Waals surface area contributed by atoms with E-state index in [4.69, 9.17) is 0 Å². The number of nitrogens with zero attached hydrogens (tertiary/aromatic N) is 2. The van der Waals surface area contributed by atoms with Crippen molar-refractivity contribution in [1.29, 1.82) is 0 Å². The number of thioether (sulfide) groups is 2. The van der Waals surface area contributed by atoms with E-state index in [0.29, 0.717) is 0 Å². The van der Waals surface area contributed by atoms with Crippen LogP contribution in [0.4, 0.5) is 0 Å². The van der Waals surface area contributed by atoms with Crippen molar-refractivity contribution < 1.29 is 0 Å². The first-order chi connectivity index (χ1) is 8.97. The molecule has 1 atom stereocenters. The number of aromatic nitrogens is 2. The summed E-state index contributed by atoms with van der Waals surface area (Å²) in [6.07, 6.45) is 2.15. The molecule has 0 aliphatic carbocycles. The summed E-state index contributed by atoms with van der Waals surface area (Å²) in [4.78, 5) is 0. The molecule has 1 unspecified atom stereocenters. The van der Waals surface area contributed by atoms with Crippen LogP contribution in [0.3, 0.4) is 0 Å². The molecule has 1 N–H and O–H groups in total. The number of aryl methyl sites for hydroxylation is 1. The highest BCUT2D eigenvalue weighted by Gasteiger charge is 2.22. The van der Waals surface area contributed by atoms with E-state index in [1.807, 2.05) is 11.7 Å². The second-order valence-electron chi connectivity index (χ2n) is 6.13. The van der Waals surface area contributed by atoms with Crippen molar-refractivity contribution >= 4 is 23.5 Å². The molecule has 3 nitrogen and oxygen atoms in total. The maximum absolute atomic E-state index is 4.61. The van der Waals surface area contributed by atoms with Gasteiger partial charge in [0.25, 0.3) is 0 Å². The van der Waals surface area contributed by atoms with E-state index >= 15 is 0 Å². The molecule has 0 bridgehead atoms. The molecule has 1 aliphatic heterocycles. The predicted molar refractivity (Wildman–Crippen MR) is 87.2 cm³/mol. The molecule has 0 amide bonds. The van der Waals surface area contributed by atoms with Crippen LogP contribution in [-0.2, 0) is 19.0 Å². The van der Waals surface area contributed by atoms with Gasteiger partial charge in [-0.2, -0.15) is 28.6 Å². The van der Waals surface area contributed by atoms with Gasteiger partial charge in [-0.05, 0) is 0 Å². The molecule has 1 aromatic heterocycles. The quantitative estimate of drug-likeness (QED) is 0.926. The average Bonchev–Trinajstić information content (AvgIpc) is 2.72. The van der Waals surface area contributed by atoms with E-state index in [1.165, 1.54) is 28.5 Å².